The summed E-state index contributed by atoms with van der Waals surface area (Å²) in [6, 6.07) is 18.0. The number of allylic oxidation sites excluding steroid dienone is 1. The van der Waals surface area contributed by atoms with Crippen LogP contribution in [0.3, 0.4) is 0 Å². The third-order valence-corrected chi connectivity index (χ3v) is 4.51. The first-order valence-electron chi connectivity index (χ1n) is 8.68. The molecule has 2 aromatic rings. The van der Waals surface area contributed by atoms with Gasteiger partial charge in [-0.2, -0.15) is 0 Å². The van der Waals surface area contributed by atoms with Crippen molar-refractivity contribution in [1.29, 1.82) is 0 Å². The quantitative estimate of drug-likeness (QED) is 0.738. The van der Waals surface area contributed by atoms with Crippen LogP contribution in [0, 0.1) is 0 Å². The Balaban J connectivity index is 1.84. The highest BCUT2D eigenvalue weighted by molar-refractivity contribution is 5.96. The molecule has 3 rings (SSSR count). The molecule has 0 aromatic heterocycles. The zero-order valence-electron chi connectivity index (χ0n) is 15.4. The van der Waals surface area contributed by atoms with Gasteiger partial charge >= 0.3 is 5.97 Å². The molecule has 0 radical (unpaired) electrons. The zero-order chi connectivity index (χ0) is 18.5. The average molecular weight is 349 g/mol. The molecular weight excluding hydrogens is 326 g/mol. The summed E-state index contributed by atoms with van der Waals surface area (Å²) >= 11 is 0. The number of methoxy groups -OCH3 is 1. The lowest BCUT2D eigenvalue weighted by Gasteiger charge is -2.25. The van der Waals surface area contributed by atoms with Crippen LogP contribution in [-0.2, 0) is 16.1 Å². The molecule has 0 saturated carbocycles. The summed E-state index contributed by atoms with van der Waals surface area (Å²) in [5.74, 6) is 0.396. The normalized spacial score (nSPS) is 16.9. The predicted molar refractivity (Wildman–Crippen MR) is 102 cm³/mol. The van der Waals surface area contributed by atoms with Gasteiger partial charge in [-0.05, 0) is 43.5 Å². The first-order valence-corrected chi connectivity index (χ1v) is 8.68. The molecule has 0 fully saturated rings. The van der Waals surface area contributed by atoms with Crippen LogP contribution in [0.15, 0.2) is 70.9 Å². The van der Waals surface area contributed by atoms with Crippen LogP contribution < -0.4 is 4.74 Å². The van der Waals surface area contributed by atoms with E-state index in [-0.39, 0.29) is 11.9 Å². The van der Waals surface area contributed by atoms with Crippen molar-refractivity contribution in [3.63, 3.8) is 0 Å². The van der Waals surface area contributed by atoms with E-state index >= 15 is 0 Å². The van der Waals surface area contributed by atoms with Crippen molar-refractivity contribution >= 4 is 11.7 Å². The fourth-order valence-corrected chi connectivity index (χ4v) is 3.29. The lowest BCUT2D eigenvalue weighted by atomic mass is 9.84. The lowest BCUT2D eigenvalue weighted by molar-refractivity contribution is -0.136. The van der Waals surface area contributed by atoms with Gasteiger partial charge in [-0.25, -0.2) is 4.79 Å². The fraction of sp³-hybridized carbons (Fsp3) is 0.273. The third kappa shape index (κ3) is 4.02. The van der Waals surface area contributed by atoms with Gasteiger partial charge in [-0.3, -0.25) is 4.99 Å². The number of ether oxygens (including phenoxy) is 2. The van der Waals surface area contributed by atoms with Crippen LogP contribution >= 0.6 is 0 Å². The van der Waals surface area contributed by atoms with Gasteiger partial charge < -0.3 is 9.47 Å². The minimum absolute atomic E-state index is 0.0692. The first-order chi connectivity index (χ1) is 12.6. The molecule has 1 heterocycles. The summed E-state index contributed by atoms with van der Waals surface area (Å²) in [7, 11) is 1.41. The minimum Gasteiger partial charge on any atom is -0.489 e. The monoisotopic (exact) mass is 349 g/mol. The van der Waals surface area contributed by atoms with Gasteiger partial charge in [0, 0.05) is 17.3 Å². The zero-order valence-corrected chi connectivity index (χ0v) is 15.4. The molecule has 0 amide bonds. The van der Waals surface area contributed by atoms with Crippen LogP contribution in [0.25, 0.3) is 0 Å². The van der Waals surface area contributed by atoms with Crippen LogP contribution in [0.5, 0.6) is 5.75 Å². The number of hydrogen-bond acceptors (Lipinski definition) is 4. The number of aliphatic imine (C=N–C) groups is 1. The van der Waals surface area contributed by atoms with E-state index in [1.165, 1.54) is 7.11 Å². The SMILES string of the molecule is COC(=O)C1=C(C)N=C(C)CC1c1cccc(OCc2ccccc2)c1. The molecular formula is C22H23NO3. The Morgan fingerprint density at radius 3 is 2.62 bits per heavy atom. The summed E-state index contributed by atoms with van der Waals surface area (Å²) in [4.78, 5) is 16.8. The number of carbonyl (C=O) groups excluding carboxylic acids is 1. The molecule has 1 aliphatic rings. The first kappa shape index (κ1) is 17.9. The van der Waals surface area contributed by atoms with Crippen molar-refractivity contribution in [2.75, 3.05) is 7.11 Å². The molecule has 2 aromatic carbocycles. The summed E-state index contributed by atoms with van der Waals surface area (Å²) in [6.07, 6.45) is 0.698. The van der Waals surface area contributed by atoms with E-state index in [1.807, 2.05) is 68.4 Å². The highest BCUT2D eigenvalue weighted by Crippen LogP contribution is 2.36. The molecule has 4 heteroatoms. The largest absolute Gasteiger partial charge is 0.489 e. The molecule has 134 valence electrons. The second kappa shape index (κ2) is 8.00. The van der Waals surface area contributed by atoms with Crippen molar-refractivity contribution in [2.45, 2.75) is 32.8 Å². The third-order valence-electron chi connectivity index (χ3n) is 4.51. The van der Waals surface area contributed by atoms with Crippen LogP contribution in [0.4, 0.5) is 0 Å². The van der Waals surface area contributed by atoms with E-state index in [2.05, 4.69) is 4.99 Å². The summed E-state index contributed by atoms with van der Waals surface area (Å²) in [5, 5.41) is 0. The Labute approximate surface area is 154 Å². The second-order valence-corrected chi connectivity index (χ2v) is 6.44. The van der Waals surface area contributed by atoms with E-state index in [0.717, 1.165) is 28.3 Å². The molecule has 0 saturated heterocycles. The maximum Gasteiger partial charge on any atom is 0.336 e. The molecule has 1 unspecified atom stereocenters. The maximum atomic E-state index is 12.3. The van der Waals surface area contributed by atoms with Gasteiger partial charge in [0.15, 0.2) is 0 Å². The van der Waals surface area contributed by atoms with Crippen molar-refractivity contribution < 1.29 is 14.3 Å². The Bertz CT molecular complexity index is 853. The Morgan fingerprint density at radius 2 is 1.88 bits per heavy atom. The van der Waals surface area contributed by atoms with E-state index in [0.29, 0.717) is 18.6 Å². The summed E-state index contributed by atoms with van der Waals surface area (Å²) in [5.41, 5.74) is 4.50. The molecule has 0 aliphatic carbocycles. The number of benzene rings is 2. The number of hydrogen-bond donors (Lipinski definition) is 0. The van der Waals surface area contributed by atoms with Crippen LogP contribution in [0.1, 0.15) is 37.3 Å². The molecule has 1 atom stereocenters. The lowest BCUT2D eigenvalue weighted by Crippen LogP contribution is -2.20. The van der Waals surface area contributed by atoms with E-state index in [1.54, 1.807) is 0 Å². The van der Waals surface area contributed by atoms with E-state index in [9.17, 15) is 4.79 Å². The molecule has 0 spiro atoms. The Hall–Kier alpha value is -2.88. The topological polar surface area (TPSA) is 47.9 Å². The van der Waals surface area contributed by atoms with Crippen molar-refractivity contribution in [3.8, 4) is 5.75 Å². The summed E-state index contributed by atoms with van der Waals surface area (Å²) in [6.45, 7) is 4.35. The van der Waals surface area contributed by atoms with Gasteiger partial charge in [0.1, 0.15) is 12.4 Å². The minimum atomic E-state index is -0.320. The molecule has 1 aliphatic heterocycles. The molecule has 4 nitrogen and oxygen atoms in total. The highest BCUT2D eigenvalue weighted by atomic mass is 16.5. The standard InChI is InChI=1S/C22H23NO3/c1-15-12-20(21(16(2)23-15)22(24)25-3)18-10-7-11-19(13-18)26-14-17-8-5-4-6-9-17/h4-11,13,20H,12,14H2,1-3H3. The van der Waals surface area contributed by atoms with Gasteiger partial charge in [0.2, 0.25) is 0 Å². The van der Waals surface area contributed by atoms with Gasteiger partial charge in [0.05, 0.1) is 12.7 Å². The molecule has 0 bridgehead atoms. The molecule has 26 heavy (non-hydrogen) atoms. The van der Waals surface area contributed by atoms with Crippen molar-refractivity contribution in [2.24, 2.45) is 4.99 Å². The Morgan fingerprint density at radius 1 is 1.12 bits per heavy atom. The average Bonchev–Trinajstić information content (AvgIpc) is 2.66. The number of esters is 1. The highest BCUT2D eigenvalue weighted by Gasteiger charge is 2.29. The second-order valence-electron chi connectivity index (χ2n) is 6.44. The fourth-order valence-electron chi connectivity index (χ4n) is 3.29. The van der Waals surface area contributed by atoms with Crippen molar-refractivity contribution in [1.82, 2.24) is 0 Å². The summed E-state index contributed by atoms with van der Waals surface area (Å²) < 4.78 is 10.9. The molecule has 0 N–H and O–H groups in total. The smallest absolute Gasteiger partial charge is 0.336 e. The van der Waals surface area contributed by atoms with E-state index < -0.39 is 0 Å². The predicted octanol–water partition coefficient (Wildman–Crippen LogP) is 4.66. The van der Waals surface area contributed by atoms with E-state index in [4.69, 9.17) is 9.47 Å². The number of nitrogens with zero attached hydrogens (tertiary/aromatic N) is 1. The Kier molecular flexibility index (Phi) is 5.52. The van der Waals surface area contributed by atoms with Gasteiger partial charge in [-0.15, -0.1) is 0 Å². The van der Waals surface area contributed by atoms with Crippen molar-refractivity contribution in [3.05, 3.63) is 77.0 Å². The number of carbonyl (C=O) groups is 1. The van der Waals surface area contributed by atoms with Gasteiger partial charge in [-0.1, -0.05) is 42.5 Å². The van der Waals surface area contributed by atoms with Gasteiger partial charge in [0.25, 0.3) is 0 Å². The van der Waals surface area contributed by atoms with Crippen LogP contribution in [0.2, 0.25) is 0 Å². The van der Waals surface area contributed by atoms with Crippen LogP contribution in [-0.4, -0.2) is 18.8 Å². The number of rotatable bonds is 5. The maximum absolute atomic E-state index is 12.3.